The molecule has 4 atom stereocenters. The molecule has 5 heteroatoms. The van der Waals surface area contributed by atoms with Crippen LogP contribution in [0.3, 0.4) is 0 Å². The number of likely N-dealkylation sites (N-methyl/N-ethyl adjacent to an activating group) is 1. The summed E-state index contributed by atoms with van der Waals surface area (Å²) in [6, 6.07) is 15.2. The fourth-order valence-electron chi connectivity index (χ4n) is 5.64. The minimum Gasteiger partial charge on any atom is -0.388 e. The molecule has 0 bridgehead atoms. The molecule has 0 aliphatic carbocycles. The van der Waals surface area contributed by atoms with Gasteiger partial charge in [-0.05, 0) is 42.1 Å². The van der Waals surface area contributed by atoms with Gasteiger partial charge < -0.3 is 20.4 Å². The highest BCUT2D eigenvalue weighted by Gasteiger charge is 2.38. The smallest absolute Gasteiger partial charge is 0.134 e. The second-order valence-corrected chi connectivity index (χ2v) is 9.25. The number of hydrogen-bond donors (Lipinski definition) is 3. The van der Waals surface area contributed by atoms with Crippen molar-refractivity contribution in [2.75, 3.05) is 38.5 Å². The standard InChI is InChI=1S/C25H33N3O2/c1-27-15-21(17-8-4-2-5-9-17)18-10-11-19-20(14-26-23(19)22(18)16-27)24(29)25(30)28-12-6-3-7-13-28/h2,4-5,8-11,20-21,24-26,29-30H,3,6-7,12-16H2,1H3. The first-order valence-corrected chi connectivity index (χ1v) is 11.4. The largest absolute Gasteiger partial charge is 0.388 e. The van der Waals surface area contributed by atoms with E-state index in [9.17, 15) is 10.2 Å². The SMILES string of the molecule is CN1Cc2c(ccc3c2NCC3C(O)C(O)N2CCCCC2)C(c2ccccc2)C1. The molecule has 0 spiro atoms. The quantitative estimate of drug-likeness (QED) is 0.728. The molecular weight excluding hydrogens is 374 g/mol. The number of nitrogens with one attached hydrogen (secondary N) is 1. The van der Waals surface area contributed by atoms with E-state index in [0.717, 1.165) is 44.6 Å². The molecular formula is C25H33N3O2. The van der Waals surface area contributed by atoms with E-state index in [1.807, 2.05) is 4.90 Å². The van der Waals surface area contributed by atoms with Crippen LogP contribution in [0.25, 0.3) is 0 Å². The van der Waals surface area contributed by atoms with Gasteiger partial charge in [0, 0.05) is 50.2 Å². The Morgan fingerprint density at radius 3 is 2.47 bits per heavy atom. The molecule has 5 nitrogen and oxygen atoms in total. The average Bonchev–Trinajstić information content (AvgIpc) is 3.23. The zero-order valence-electron chi connectivity index (χ0n) is 17.8. The Labute approximate surface area is 179 Å². The minimum absolute atomic E-state index is 0.0790. The minimum atomic E-state index is -0.793. The normalized spacial score (nSPS) is 26.5. The van der Waals surface area contributed by atoms with Crippen LogP contribution in [-0.2, 0) is 6.54 Å². The third-order valence-electron chi connectivity index (χ3n) is 7.26. The van der Waals surface area contributed by atoms with Gasteiger partial charge in [0.15, 0.2) is 0 Å². The molecule has 1 saturated heterocycles. The van der Waals surface area contributed by atoms with Crippen molar-refractivity contribution in [3.8, 4) is 0 Å². The molecule has 30 heavy (non-hydrogen) atoms. The van der Waals surface area contributed by atoms with Crippen LogP contribution in [0.15, 0.2) is 42.5 Å². The van der Waals surface area contributed by atoms with Gasteiger partial charge in [-0.2, -0.15) is 0 Å². The van der Waals surface area contributed by atoms with E-state index in [-0.39, 0.29) is 5.92 Å². The van der Waals surface area contributed by atoms with Gasteiger partial charge >= 0.3 is 0 Å². The second kappa shape index (κ2) is 8.31. The van der Waals surface area contributed by atoms with Gasteiger partial charge in [-0.3, -0.25) is 4.90 Å². The molecule has 3 aliphatic rings. The lowest BCUT2D eigenvalue weighted by atomic mass is 9.82. The van der Waals surface area contributed by atoms with Crippen LogP contribution in [0.4, 0.5) is 5.69 Å². The van der Waals surface area contributed by atoms with Crippen LogP contribution in [0, 0.1) is 0 Å². The van der Waals surface area contributed by atoms with Gasteiger partial charge in [0.1, 0.15) is 12.3 Å². The number of nitrogens with zero attached hydrogens (tertiary/aromatic N) is 2. The summed E-state index contributed by atoms with van der Waals surface area (Å²) < 4.78 is 0. The van der Waals surface area contributed by atoms with E-state index in [2.05, 4.69) is 59.7 Å². The van der Waals surface area contributed by atoms with Crippen molar-refractivity contribution in [1.29, 1.82) is 0 Å². The molecule has 0 aromatic heterocycles. The van der Waals surface area contributed by atoms with E-state index >= 15 is 0 Å². The Hall–Kier alpha value is -1.92. The lowest BCUT2D eigenvalue weighted by Gasteiger charge is -2.36. The first-order chi connectivity index (χ1) is 14.6. The number of benzene rings is 2. The molecule has 3 N–H and O–H groups in total. The van der Waals surface area contributed by atoms with Crippen LogP contribution in [0.5, 0.6) is 0 Å². The average molecular weight is 408 g/mol. The Kier molecular flexibility index (Phi) is 5.54. The summed E-state index contributed by atoms with van der Waals surface area (Å²) in [6.45, 7) is 4.34. The van der Waals surface area contributed by atoms with E-state index in [1.165, 1.54) is 28.8 Å². The molecule has 160 valence electrons. The maximum atomic E-state index is 11.1. The second-order valence-electron chi connectivity index (χ2n) is 9.25. The number of likely N-dealkylation sites (tertiary alicyclic amines) is 1. The number of aliphatic hydroxyl groups excluding tert-OH is 2. The van der Waals surface area contributed by atoms with Crippen molar-refractivity contribution < 1.29 is 10.2 Å². The van der Waals surface area contributed by atoms with Crippen molar-refractivity contribution in [3.05, 3.63) is 64.7 Å². The number of anilines is 1. The lowest BCUT2D eigenvalue weighted by Crippen LogP contribution is -2.48. The summed E-state index contributed by atoms with van der Waals surface area (Å²) in [5, 5.41) is 25.5. The van der Waals surface area contributed by atoms with E-state index in [1.54, 1.807) is 0 Å². The van der Waals surface area contributed by atoms with Crippen LogP contribution >= 0.6 is 0 Å². The van der Waals surface area contributed by atoms with Crippen LogP contribution in [0.2, 0.25) is 0 Å². The number of hydrogen-bond acceptors (Lipinski definition) is 5. The van der Waals surface area contributed by atoms with Gasteiger partial charge in [-0.25, -0.2) is 0 Å². The maximum absolute atomic E-state index is 11.1. The summed E-state index contributed by atoms with van der Waals surface area (Å²) in [7, 11) is 2.18. The fourth-order valence-corrected chi connectivity index (χ4v) is 5.64. The van der Waals surface area contributed by atoms with Crippen molar-refractivity contribution in [3.63, 3.8) is 0 Å². The van der Waals surface area contributed by atoms with E-state index in [0.29, 0.717) is 12.5 Å². The number of fused-ring (bicyclic) bond motifs is 3. The summed E-state index contributed by atoms with van der Waals surface area (Å²) in [6.07, 6.45) is 1.85. The van der Waals surface area contributed by atoms with Gasteiger partial charge in [0.05, 0.1) is 0 Å². The number of aliphatic hydroxyl groups is 2. The molecule has 0 saturated carbocycles. The molecule has 1 fully saturated rings. The highest BCUT2D eigenvalue weighted by Crippen LogP contribution is 2.44. The molecule has 4 unspecified atom stereocenters. The van der Waals surface area contributed by atoms with E-state index < -0.39 is 12.3 Å². The van der Waals surface area contributed by atoms with Crippen molar-refractivity contribution >= 4 is 5.69 Å². The molecule has 0 radical (unpaired) electrons. The lowest BCUT2D eigenvalue weighted by molar-refractivity contribution is -0.0964. The Morgan fingerprint density at radius 2 is 1.70 bits per heavy atom. The molecule has 0 amide bonds. The molecule has 5 rings (SSSR count). The molecule has 2 aromatic rings. The van der Waals surface area contributed by atoms with Crippen LogP contribution in [0.1, 0.15) is 53.4 Å². The predicted molar refractivity (Wildman–Crippen MR) is 120 cm³/mol. The van der Waals surface area contributed by atoms with Crippen molar-refractivity contribution in [1.82, 2.24) is 9.80 Å². The fraction of sp³-hybridized carbons (Fsp3) is 0.520. The zero-order valence-corrected chi connectivity index (χ0v) is 17.8. The summed E-state index contributed by atoms with van der Waals surface area (Å²) in [5.74, 6) is 0.277. The monoisotopic (exact) mass is 407 g/mol. The molecule has 3 heterocycles. The Morgan fingerprint density at radius 1 is 0.967 bits per heavy atom. The number of rotatable bonds is 4. The Bertz CT molecular complexity index is 881. The van der Waals surface area contributed by atoms with Gasteiger partial charge in [-0.15, -0.1) is 0 Å². The summed E-state index contributed by atoms with van der Waals surface area (Å²) in [5.41, 5.74) is 6.41. The molecule has 3 aliphatic heterocycles. The summed E-state index contributed by atoms with van der Waals surface area (Å²) in [4.78, 5) is 4.43. The van der Waals surface area contributed by atoms with Gasteiger partial charge in [0.25, 0.3) is 0 Å². The van der Waals surface area contributed by atoms with Crippen molar-refractivity contribution in [2.45, 2.75) is 50.0 Å². The first kappa shape index (κ1) is 20.0. The third-order valence-corrected chi connectivity index (χ3v) is 7.26. The first-order valence-electron chi connectivity index (χ1n) is 11.4. The van der Waals surface area contributed by atoms with Gasteiger partial charge in [0.2, 0.25) is 0 Å². The highest BCUT2D eigenvalue weighted by atomic mass is 16.3. The van der Waals surface area contributed by atoms with Crippen LogP contribution in [-0.4, -0.2) is 65.6 Å². The third kappa shape index (κ3) is 3.54. The van der Waals surface area contributed by atoms with Crippen molar-refractivity contribution in [2.24, 2.45) is 0 Å². The zero-order chi connectivity index (χ0) is 20.7. The summed E-state index contributed by atoms with van der Waals surface area (Å²) >= 11 is 0. The van der Waals surface area contributed by atoms with Crippen LogP contribution < -0.4 is 5.32 Å². The highest BCUT2D eigenvalue weighted by molar-refractivity contribution is 5.67. The van der Waals surface area contributed by atoms with Gasteiger partial charge in [-0.1, -0.05) is 48.9 Å². The Balaban J connectivity index is 1.45. The molecule has 2 aromatic carbocycles. The number of piperidine rings is 1. The topological polar surface area (TPSA) is 59.0 Å². The van der Waals surface area contributed by atoms with E-state index in [4.69, 9.17) is 0 Å². The maximum Gasteiger partial charge on any atom is 0.134 e. The predicted octanol–water partition coefficient (Wildman–Crippen LogP) is 2.94.